The molecule has 0 atom stereocenters. The lowest BCUT2D eigenvalue weighted by molar-refractivity contribution is 0.0394. The van der Waals surface area contributed by atoms with Gasteiger partial charge in [0.05, 0.1) is 31.9 Å². The zero-order chi connectivity index (χ0) is 15.1. The van der Waals surface area contributed by atoms with E-state index in [-0.39, 0.29) is 24.0 Å². The summed E-state index contributed by atoms with van der Waals surface area (Å²) in [4.78, 5) is 6.62. The van der Waals surface area contributed by atoms with Crippen molar-refractivity contribution < 1.29 is 9.47 Å². The SMILES string of the molecule is COc1ccc(NC(N)=NCCN2CCOCC2)cc1Cl.I. The molecule has 22 heavy (non-hydrogen) atoms. The first kappa shape index (κ1) is 19.3. The molecule has 0 bridgehead atoms. The number of aliphatic imine (C=N–C) groups is 1. The maximum absolute atomic E-state index is 6.05. The molecule has 0 amide bonds. The summed E-state index contributed by atoms with van der Waals surface area (Å²) in [6.07, 6.45) is 0. The highest BCUT2D eigenvalue weighted by atomic mass is 127. The summed E-state index contributed by atoms with van der Waals surface area (Å²) in [7, 11) is 1.58. The molecule has 1 heterocycles. The number of anilines is 1. The summed E-state index contributed by atoms with van der Waals surface area (Å²) in [6, 6.07) is 5.38. The Morgan fingerprint density at radius 3 is 2.82 bits per heavy atom. The lowest BCUT2D eigenvalue weighted by atomic mass is 10.3. The monoisotopic (exact) mass is 440 g/mol. The fourth-order valence-electron chi connectivity index (χ4n) is 2.07. The molecule has 3 N–H and O–H groups in total. The molecule has 0 spiro atoms. The average Bonchev–Trinajstić information content (AvgIpc) is 2.48. The van der Waals surface area contributed by atoms with Crippen LogP contribution >= 0.6 is 35.6 Å². The molecule has 2 rings (SSSR count). The number of ether oxygens (including phenoxy) is 2. The second-order valence-corrected chi connectivity index (χ2v) is 5.10. The van der Waals surface area contributed by atoms with Gasteiger partial charge >= 0.3 is 0 Å². The van der Waals surface area contributed by atoms with Crippen LogP contribution < -0.4 is 15.8 Å². The van der Waals surface area contributed by atoms with E-state index in [1.165, 1.54) is 0 Å². The molecular weight excluding hydrogens is 419 g/mol. The highest BCUT2D eigenvalue weighted by Gasteiger charge is 2.09. The minimum atomic E-state index is 0. The zero-order valence-corrected chi connectivity index (χ0v) is 15.6. The van der Waals surface area contributed by atoms with E-state index >= 15 is 0 Å². The normalized spacial score (nSPS) is 16.0. The van der Waals surface area contributed by atoms with E-state index < -0.39 is 0 Å². The van der Waals surface area contributed by atoms with Gasteiger partial charge in [-0.25, -0.2) is 0 Å². The van der Waals surface area contributed by atoms with E-state index in [1.807, 2.05) is 6.07 Å². The third-order valence-electron chi connectivity index (χ3n) is 3.23. The Labute approximate surface area is 153 Å². The van der Waals surface area contributed by atoms with Gasteiger partial charge in [-0.05, 0) is 18.2 Å². The van der Waals surface area contributed by atoms with Gasteiger partial charge in [-0.2, -0.15) is 0 Å². The van der Waals surface area contributed by atoms with Crippen LogP contribution in [0.5, 0.6) is 5.75 Å². The molecular formula is C14H22ClIN4O2. The van der Waals surface area contributed by atoms with Crippen LogP contribution in [-0.2, 0) is 4.74 Å². The lowest BCUT2D eigenvalue weighted by Crippen LogP contribution is -2.38. The number of nitrogens with two attached hydrogens (primary N) is 1. The topological polar surface area (TPSA) is 72.1 Å². The summed E-state index contributed by atoms with van der Waals surface area (Å²) in [5.41, 5.74) is 6.65. The molecule has 1 saturated heterocycles. The zero-order valence-electron chi connectivity index (χ0n) is 12.5. The van der Waals surface area contributed by atoms with Crippen molar-refractivity contribution in [2.24, 2.45) is 10.7 Å². The number of rotatable bonds is 5. The predicted octanol–water partition coefficient (Wildman–Crippen LogP) is 2.03. The van der Waals surface area contributed by atoms with Gasteiger partial charge in [0.1, 0.15) is 5.75 Å². The number of guanidine groups is 1. The van der Waals surface area contributed by atoms with E-state index in [2.05, 4.69) is 15.2 Å². The van der Waals surface area contributed by atoms with Crippen molar-refractivity contribution in [3.8, 4) is 5.75 Å². The molecule has 1 aromatic carbocycles. The summed E-state index contributed by atoms with van der Waals surface area (Å²) in [6.45, 7) is 5.04. The van der Waals surface area contributed by atoms with Crippen LogP contribution in [0.1, 0.15) is 0 Å². The van der Waals surface area contributed by atoms with Crippen molar-refractivity contribution in [2.75, 3.05) is 51.8 Å². The molecule has 0 unspecified atom stereocenters. The van der Waals surface area contributed by atoms with Crippen LogP contribution in [0.15, 0.2) is 23.2 Å². The molecule has 6 nitrogen and oxygen atoms in total. The molecule has 8 heteroatoms. The maximum atomic E-state index is 6.05. The number of nitrogens with one attached hydrogen (secondary N) is 1. The van der Waals surface area contributed by atoms with Crippen molar-refractivity contribution in [2.45, 2.75) is 0 Å². The third kappa shape index (κ3) is 6.15. The van der Waals surface area contributed by atoms with E-state index in [0.29, 0.717) is 23.3 Å². The fraction of sp³-hybridized carbons (Fsp3) is 0.500. The van der Waals surface area contributed by atoms with Crippen molar-refractivity contribution in [1.82, 2.24) is 4.90 Å². The Morgan fingerprint density at radius 2 is 2.18 bits per heavy atom. The summed E-state index contributed by atoms with van der Waals surface area (Å²) < 4.78 is 10.4. The number of hydrogen-bond donors (Lipinski definition) is 2. The summed E-state index contributed by atoms with van der Waals surface area (Å²) in [5, 5.41) is 3.55. The number of methoxy groups -OCH3 is 1. The summed E-state index contributed by atoms with van der Waals surface area (Å²) in [5.74, 6) is 1.01. The third-order valence-corrected chi connectivity index (χ3v) is 3.52. The largest absolute Gasteiger partial charge is 0.495 e. The first-order valence-corrected chi connectivity index (χ1v) is 7.27. The van der Waals surface area contributed by atoms with Crippen LogP contribution in [0.2, 0.25) is 5.02 Å². The van der Waals surface area contributed by atoms with Gasteiger partial charge < -0.3 is 20.5 Å². The van der Waals surface area contributed by atoms with Gasteiger partial charge in [0.2, 0.25) is 0 Å². The van der Waals surface area contributed by atoms with Crippen molar-refractivity contribution >= 4 is 47.2 Å². The van der Waals surface area contributed by atoms with Crippen LogP contribution in [0.25, 0.3) is 0 Å². The van der Waals surface area contributed by atoms with Gasteiger partial charge in [-0.15, -0.1) is 24.0 Å². The second-order valence-electron chi connectivity index (χ2n) is 4.70. The minimum absolute atomic E-state index is 0. The number of morpholine rings is 1. The Bertz CT molecular complexity index is 496. The van der Waals surface area contributed by atoms with Gasteiger partial charge in [-0.3, -0.25) is 9.89 Å². The van der Waals surface area contributed by atoms with Gasteiger partial charge in [0.25, 0.3) is 0 Å². The molecule has 1 fully saturated rings. The maximum Gasteiger partial charge on any atom is 0.193 e. The van der Waals surface area contributed by atoms with E-state index in [1.54, 1.807) is 19.2 Å². The molecule has 0 radical (unpaired) electrons. The highest BCUT2D eigenvalue weighted by molar-refractivity contribution is 14.0. The molecule has 0 saturated carbocycles. The van der Waals surface area contributed by atoms with Crippen LogP contribution in [0.3, 0.4) is 0 Å². The van der Waals surface area contributed by atoms with Crippen LogP contribution in [0.4, 0.5) is 5.69 Å². The molecule has 1 aliphatic heterocycles. The Morgan fingerprint density at radius 1 is 1.45 bits per heavy atom. The van der Waals surface area contributed by atoms with Crippen molar-refractivity contribution in [1.29, 1.82) is 0 Å². The van der Waals surface area contributed by atoms with Gasteiger partial charge in [-0.1, -0.05) is 11.6 Å². The quantitative estimate of drug-likeness (QED) is 0.416. The Hall–Kier alpha value is -0.770. The highest BCUT2D eigenvalue weighted by Crippen LogP contribution is 2.26. The molecule has 0 aromatic heterocycles. The molecule has 124 valence electrons. The molecule has 1 aliphatic rings. The van der Waals surface area contributed by atoms with E-state index in [4.69, 9.17) is 26.8 Å². The number of halogens is 2. The predicted molar refractivity (Wildman–Crippen MR) is 101 cm³/mol. The fourth-order valence-corrected chi connectivity index (χ4v) is 2.33. The molecule has 1 aromatic rings. The number of benzene rings is 1. The van der Waals surface area contributed by atoms with Gasteiger partial charge in [0.15, 0.2) is 5.96 Å². The standard InChI is InChI=1S/C14H21ClN4O2.HI/c1-20-13-3-2-11(10-12(13)15)18-14(16)17-4-5-19-6-8-21-9-7-19;/h2-3,10H,4-9H2,1H3,(H3,16,17,18);1H. The van der Waals surface area contributed by atoms with E-state index in [0.717, 1.165) is 38.5 Å². The van der Waals surface area contributed by atoms with Gasteiger partial charge in [0, 0.05) is 25.3 Å². The Kier molecular flexibility index (Phi) is 8.84. The van der Waals surface area contributed by atoms with E-state index in [9.17, 15) is 0 Å². The minimum Gasteiger partial charge on any atom is -0.495 e. The molecule has 0 aliphatic carbocycles. The lowest BCUT2D eigenvalue weighted by Gasteiger charge is -2.25. The average molecular weight is 441 g/mol. The first-order chi connectivity index (χ1) is 10.2. The summed E-state index contributed by atoms with van der Waals surface area (Å²) >= 11 is 6.05. The van der Waals surface area contributed by atoms with Crippen LogP contribution in [0, 0.1) is 0 Å². The number of nitrogens with zero attached hydrogens (tertiary/aromatic N) is 2. The second kappa shape index (κ2) is 10.1. The van der Waals surface area contributed by atoms with Crippen LogP contribution in [-0.4, -0.2) is 57.4 Å². The number of hydrogen-bond acceptors (Lipinski definition) is 4. The Balaban J connectivity index is 0.00000242. The van der Waals surface area contributed by atoms with Crippen molar-refractivity contribution in [3.05, 3.63) is 23.2 Å². The van der Waals surface area contributed by atoms with Crippen molar-refractivity contribution in [3.63, 3.8) is 0 Å². The smallest absolute Gasteiger partial charge is 0.193 e. The first-order valence-electron chi connectivity index (χ1n) is 6.89.